The van der Waals surface area contributed by atoms with E-state index in [1.165, 1.54) is 11.1 Å². The second-order valence-corrected chi connectivity index (χ2v) is 13.8. The summed E-state index contributed by atoms with van der Waals surface area (Å²) in [5.74, 6) is 1.08. The average Bonchev–Trinajstić information content (AvgIpc) is 4.00. The van der Waals surface area contributed by atoms with Crippen molar-refractivity contribution in [1.82, 2.24) is 39.6 Å². The number of benzene rings is 2. The van der Waals surface area contributed by atoms with Gasteiger partial charge in [-0.2, -0.15) is 15.1 Å². The first-order valence-corrected chi connectivity index (χ1v) is 18.1. The summed E-state index contributed by atoms with van der Waals surface area (Å²) >= 11 is 0. The number of carbonyl (C=O) groups excluding carboxylic acids is 1. The van der Waals surface area contributed by atoms with Gasteiger partial charge in [-0.3, -0.25) is 9.67 Å². The van der Waals surface area contributed by atoms with E-state index in [9.17, 15) is 15.0 Å². The second-order valence-electron chi connectivity index (χ2n) is 13.8. The summed E-state index contributed by atoms with van der Waals surface area (Å²) in [4.78, 5) is 33.8. The number of fused-ring (bicyclic) bond motifs is 1. The van der Waals surface area contributed by atoms with Crippen molar-refractivity contribution in [2.75, 3.05) is 35.2 Å². The van der Waals surface area contributed by atoms with Crippen molar-refractivity contribution in [3.8, 4) is 0 Å². The van der Waals surface area contributed by atoms with Crippen LogP contribution in [0.4, 0.5) is 22.2 Å². The van der Waals surface area contributed by atoms with Crippen molar-refractivity contribution in [2.24, 2.45) is 0 Å². The molecule has 2 amide bonds. The number of anilines is 3. The van der Waals surface area contributed by atoms with Crippen LogP contribution in [0.15, 0.2) is 104 Å². The molecule has 5 atom stereocenters. The van der Waals surface area contributed by atoms with E-state index in [0.29, 0.717) is 61.1 Å². The van der Waals surface area contributed by atoms with Gasteiger partial charge in [0.25, 0.3) is 0 Å². The van der Waals surface area contributed by atoms with Gasteiger partial charge in [0.2, 0.25) is 5.95 Å². The molecule has 53 heavy (non-hydrogen) atoms. The van der Waals surface area contributed by atoms with Crippen molar-refractivity contribution >= 4 is 34.6 Å². The largest absolute Gasteiger partial charge is 0.388 e. The lowest BCUT2D eigenvalue weighted by atomic mass is 9.91. The summed E-state index contributed by atoms with van der Waals surface area (Å²) in [5, 5.41) is 36.7. The molecular formula is C39H43N11O3. The molecule has 1 aliphatic carbocycles. The van der Waals surface area contributed by atoms with Crippen LogP contribution in [-0.4, -0.2) is 88.4 Å². The molecule has 272 valence electrons. The Morgan fingerprint density at radius 2 is 1.66 bits per heavy atom. The standard InChI is InChI=1S/C39H43N11O3/c1-2-25-20-43-50(22-25)32-19-31(34(51)35(32)52)49-24-42-33-36(41-21-30(26-9-5-3-6-10-26)27-11-7-4-8-12-27)46-38(47-37(33)49)48-18-15-29(23-48)45-39(53)44-28-13-16-40-17-14-28/h3-14,16-17,20,22,24,29-32,34-35,51-52H,2,15,18-19,21,23H2,1H3,(H,41,46,47)(H2,40,44,45,53)/t29-,31+,32-,34-,35+/m0/s1. The molecule has 0 bridgehead atoms. The Morgan fingerprint density at radius 3 is 2.36 bits per heavy atom. The lowest BCUT2D eigenvalue weighted by Crippen LogP contribution is -2.40. The van der Waals surface area contributed by atoms with Gasteiger partial charge in [-0.05, 0) is 48.1 Å². The smallest absolute Gasteiger partial charge is 0.319 e. The maximum atomic E-state index is 12.8. The molecule has 14 heteroatoms. The Morgan fingerprint density at radius 1 is 0.943 bits per heavy atom. The first-order valence-electron chi connectivity index (χ1n) is 18.1. The first kappa shape index (κ1) is 34.2. The molecule has 5 N–H and O–H groups in total. The summed E-state index contributed by atoms with van der Waals surface area (Å²) < 4.78 is 3.62. The van der Waals surface area contributed by atoms with E-state index in [0.717, 1.165) is 12.0 Å². The number of nitrogens with zero attached hydrogens (tertiary/aromatic N) is 8. The Bertz CT molecular complexity index is 2100. The number of aliphatic hydroxyl groups is 2. The zero-order valence-electron chi connectivity index (χ0n) is 29.4. The zero-order chi connectivity index (χ0) is 36.3. The highest BCUT2D eigenvalue weighted by molar-refractivity contribution is 5.89. The number of amides is 2. The summed E-state index contributed by atoms with van der Waals surface area (Å²) in [5.41, 5.74) is 5.17. The number of aliphatic hydroxyl groups excluding tert-OH is 2. The highest BCUT2D eigenvalue weighted by atomic mass is 16.3. The molecule has 2 aliphatic rings. The Kier molecular flexibility index (Phi) is 9.70. The number of aromatic nitrogens is 7. The van der Waals surface area contributed by atoms with Gasteiger partial charge in [-0.25, -0.2) is 9.78 Å². The van der Waals surface area contributed by atoms with Gasteiger partial charge in [0.05, 0.1) is 24.6 Å². The van der Waals surface area contributed by atoms with Gasteiger partial charge >= 0.3 is 6.03 Å². The van der Waals surface area contributed by atoms with Gasteiger partial charge in [-0.1, -0.05) is 67.6 Å². The van der Waals surface area contributed by atoms with Crippen LogP contribution in [0.1, 0.15) is 54.5 Å². The van der Waals surface area contributed by atoms with Gasteiger partial charge < -0.3 is 35.6 Å². The first-order chi connectivity index (χ1) is 25.9. The lowest BCUT2D eigenvalue weighted by molar-refractivity contribution is 0.00721. The van der Waals surface area contributed by atoms with Crippen molar-refractivity contribution in [3.05, 3.63) is 121 Å². The van der Waals surface area contributed by atoms with E-state index < -0.39 is 24.3 Å². The van der Waals surface area contributed by atoms with Crippen molar-refractivity contribution in [2.45, 2.75) is 62.4 Å². The highest BCUT2D eigenvalue weighted by Gasteiger charge is 2.44. The minimum Gasteiger partial charge on any atom is -0.388 e. The average molecular weight is 714 g/mol. The summed E-state index contributed by atoms with van der Waals surface area (Å²) in [6.07, 6.45) is 8.55. The van der Waals surface area contributed by atoms with Crippen LogP contribution in [0.25, 0.3) is 11.2 Å². The fourth-order valence-electron chi connectivity index (χ4n) is 7.52. The molecule has 8 rings (SSSR count). The summed E-state index contributed by atoms with van der Waals surface area (Å²) in [6, 6.07) is 22.9. The van der Waals surface area contributed by atoms with Crippen LogP contribution in [-0.2, 0) is 6.42 Å². The van der Waals surface area contributed by atoms with Gasteiger partial charge in [-0.15, -0.1) is 0 Å². The molecule has 6 aromatic rings. The number of nitrogens with one attached hydrogen (secondary N) is 3. The number of imidazole rings is 1. The van der Waals surface area contributed by atoms with Crippen LogP contribution in [0.5, 0.6) is 0 Å². The molecule has 0 unspecified atom stereocenters. The van der Waals surface area contributed by atoms with Crippen molar-refractivity contribution in [1.29, 1.82) is 0 Å². The molecule has 0 radical (unpaired) electrons. The predicted molar refractivity (Wildman–Crippen MR) is 202 cm³/mol. The number of aryl methyl sites for hydroxylation is 1. The summed E-state index contributed by atoms with van der Waals surface area (Å²) in [7, 11) is 0. The molecule has 2 aromatic carbocycles. The Balaban J connectivity index is 1.10. The van der Waals surface area contributed by atoms with Crippen LogP contribution < -0.4 is 20.9 Å². The Labute approximate surface area is 307 Å². The number of carbonyl (C=O) groups is 1. The third kappa shape index (κ3) is 7.15. The van der Waals surface area contributed by atoms with Crippen molar-refractivity contribution in [3.63, 3.8) is 0 Å². The number of rotatable bonds is 11. The molecule has 1 aliphatic heterocycles. The molecule has 1 saturated carbocycles. The maximum absolute atomic E-state index is 12.8. The van der Waals surface area contributed by atoms with E-state index >= 15 is 0 Å². The van der Waals surface area contributed by atoms with Crippen LogP contribution in [0.3, 0.4) is 0 Å². The Hall–Kier alpha value is -5.86. The number of hydrogen-bond donors (Lipinski definition) is 5. The quantitative estimate of drug-likeness (QED) is 0.129. The lowest BCUT2D eigenvalue weighted by Gasteiger charge is -2.22. The van der Waals surface area contributed by atoms with Crippen LogP contribution >= 0.6 is 0 Å². The van der Waals surface area contributed by atoms with Crippen molar-refractivity contribution < 1.29 is 15.0 Å². The molecule has 2 fully saturated rings. The monoisotopic (exact) mass is 713 g/mol. The van der Waals surface area contributed by atoms with E-state index in [-0.39, 0.29) is 18.0 Å². The summed E-state index contributed by atoms with van der Waals surface area (Å²) in [6.45, 7) is 3.73. The molecule has 1 saturated heterocycles. The topological polar surface area (TPSA) is 171 Å². The van der Waals surface area contributed by atoms with Crippen LogP contribution in [0, 0.1) is 0 Å². The number of hydrogen-bond acceptors (Lipinski definition) is 10. The molecule has 4 aromatic heterocycles. The minimum absolute atomic E-state index is 0.0295. The fraction of sp³-hybridized carbons (Fsp3) is 0.333. The van der Waals surface area contributed by atoms with Gasteiger partial charge in [0.1, 0.15) is 12.2 Å². The maximum Gasteiger partial charge on any atom is 0.319 e. The number of urea groups is 1. The van der Waals surface area contributed by atoms with E-state index in [1.807, 2.05) is 47.2 Å². The fourth-order valence-corrected chi connectivity index (χ4v) is 7.52. The minimum atomic E-state index is -1.07. The third-order valence-corrected chi connectivity index (χ3v) is 10.4. The predicted octanol–water partition coefficient (Wildman–Crippen LogP) is 4.53. The second kappa shape index (κ2) is 15.0. The molecule has 14 nitrogen and oxygen atoms in total. The SMILES string of the molecule is CCc1cnn([C@H]2C[C@@H](n3cnc4c(NCC(c5ccccc5)c5ccccc5)nc(N5CC[C@H](NC(=O)Nc6ccncc6)C5)nc43)[C@H](O)[C@@H]2O)c1. The number of pyridine rings is 1. The molecular weight excluding hydrogens is 671 g/mol. The van der Waals surface area contributed by atoms with Gasteiger partial charge in [0, 0.05) is 55.9 Å². The molecule has 0 spiro atoms. The molecule has 5 heterocycles. The van der Waals surface area contributed by atoms with E-state index in [4.69, 9.17) is 15.0 Å². The zero-order valence-corrected chi connectivity index (χ0v) is 29.4. The van der Waals surface area contributed by atoms with Gasteiger partial charge in [0.15, 0.2) is 17.0 Å². The normalized spacial score (nSPS) is 21.4. The van der Waals surface area contributed by atoms with E-state index in [1.54, 1.807) is 41.7 Å². The third-order valence-electron chi connectivity index (χ3n) is 10.4. The van der Waals surface area contributed by atoms with E-state index in [2.05, 4.69) is 62.1 Å². The highest BCUT2D eigenvalue weighted by Crippen LogP contribution is 2.40. The van der Waals surface area contributed by atoms with Crippen LogP contribution in [0.2, 0.25) is 0 Å².